The predicted molar refractivity (Wildman–Crippen MR) is 92.5 cm³/mol. The number of aromatic nitrogens is 1. The second-order valence-corrected chi connectivity index (χ2v) is 7.64. The molecule has 0 bridgehead atoms. The van der Waals surface area contributed by atoms with E-state index in [9.17, 15) is 4.79 Å². The van der Waals surface area contributed by atoms with E-state index in [4.69, 9.17) is 5.11 Å². The summed E-state index contributed by atoms with van der Waals surface area (Å²) in [5.41, 5.74) is 1.03. The fourth-order valence-corrected chi connectivity index (χ4v) is 4.64. The van der Waals surface area contributed by atoms with E-state index in [1.165, 1.54) is 0 Å². The maximum absolute atomic E-state index is 11.1. The van der Waals surface area contributed by atoms with Crippen LogP contribution in [0.3, 0.4) is 0 Å². The number of carboxylic acid groups (broad SMARTS) is 1. The summed E-state index contributed by atoms with van der Waals surface area (Å²) in [6.45, 7) is 0. The van der Waals surface area contributed by atoms with Gasteiger partial charge in [0.2, 0.25) is 0 Å². The highest BCUT2D eigenvalue weighted by Crippen LogP contribution is 2.44. The molecule has 3 aromatic rings. The molecule has 1 aromatic heterocycles. The molecule has 22 heavy (non-hydrogen) atoms. The van der Waals surface area contributed by atoms with Crippen molar-refractivity contribution in [2.75, 3.05) is 0 Å². The molecule has 3 nitrogen and oxygen atoms in total. The third-order valence-corrected chi connectivity index (χ3v) is 5.95. The zero-order valence-corrected chi connectivity index (χ0v) is 14.0. The molecule has 1 atom stereocenters. The number of nitrogens with zero attached hydrogens (tertiary/aromatic N) is 1. The van der Waals surface area contributed by atoms with Crippen LogP contribution in [0.25, 0.3) is 15.5 Å². The summed E-state index contributed by atoms with van der Waals surface area (Å²) in [6.07, 6.45) is 1.72. The molecule has 0 radical (unpaired) electrons. The lowest BCUT2D eigenvalue weighted by molar-refractivity contribution is -0.136. The van der Waals surface area contributed by atoms with Crippen LogP contribution in [0, 0.1) is 0 Å². The number of thiazole rings is 1. The molecule has 1 N–H and O–H groups in total. The molecule has 0 aliphatic rings. The van der Waals surface area contributed by atoms with Crippen molar-refractivity contribution in [2.24, 2.45) is 0 Å². The smallest absolute Gasteiger partial charge is 0.312 e. The van der Waals surface area contributed by atoms with Gasteiger partial charge in [-0.1, -0.05) is 34.1 Å². The van der Waals surface area contributed by atoms with Gasteiger partial charge in [0, 0.05) is 14.9 Å². The van der Waals surface area contributed by atoms with Crippen molar-refractivity contribution in [2.45, 2.75) is 6.42 Å². The Morgan fingerprint density at radius 1 is 1.09 bits per heavy atom. The number of halogens is 1. The summed E-state index contributed by atoms with van der Waals surface area (Å²) in [6, 6.07) is 17.9. The van der Waals surface area contributed by atoms with Crippen LogP contribution < -0.4 is 0 Å². The summed E-state index contributed by atoms with van der Waals surface area (Å²) in [5.74, 6) is -0.828. The summed E-state index contributed by atoms with van der Waals surface area (Å²) in [7, 11) is -0.437. The van der Waals surface area contributed by atoms with Gasteiger partial charge < -0.3 is 5.11 Å². The first-order valence-corrected chi connectivity index (χ1v) is 8.71. The molecule has 2 aromatic carbocycles. The lowest BCUT2D eigenvalue weighted by atomic mass is 10.2. The largest absolute Gasteiger partial charge is 0.481 e. The number of aliphatic carboxylic acids is 1. The molecule has 110 valence electrons. The van der Waals surface area contributed by atoms with E-state index < -0.39 is 16.4 Å². The summed E-state index contributed by atoms with van der Waals surface area (Å²) in [4.78, 5) is 17.6. The van der Waals surface area contributed by atoms with E-state index in [1.54, 1.807) is 6.20 Å². The van der Waals surface area contributed by atoms with Crippen LogP contribution in [0.2, 0.25) is 0 Å². The van der Waals surface area contributed by atoms with Crippen LogP contribution in [-0.4, -0.2) is 16.1 Å². The van der Waals surface area contributed by atoms with Crippen molar-refractivity contribution in [1.29, 1.82) is 0 Å². The van der Waals surface area contributed by atoms with Gasteiger partial charge in [0.15, 0.2) is 9.77 Å². The number of hydrogen-bond donors (Lipinski definition) is 1. The van der Waals surface area contributed by atoms with Gasteiger partial charge in [-0.2, -0.15) is 0 Å². The zero-order chi connectivity index (χ0) is 15.5. The number of carboxylic acids is 1. The molecule has 0 aliphatic carbocycles. The molecule has 0 saturated carbocycles. The lowest BCUT2D eigenvalue weighted by Crippen LogP contribution is -1.98. The minimum Gasteiger partial charge on any atom is -0.481 e. The summed E-state index contributed by atoms with van der Waals surface area (Å²) >= 11 is 3.43. The number of hydrogen-bond acceptors (Lipinski definition) is 2. The minimum atomic E-state index is -0.828. The Balaban J connectivity index is 2.17. The van der Waals surface area contributed by atoms with Crippen molar-refractivity contribution in [3.05, 3.63) is 70.1 Å². The quantitative estimate of drug-likeness (QED) is 0.662. The van der Waals surface area contributed by atoms with Gasteiger partial charge in [-0.3, -0.25) is 4.79 Å². The van der Waals surface area contributed by atoms with Crippen LogP contribution >= 0.6 is 26.4 Å². The molecule has 1 heterocycles. The van der Waals surface area contributed by atoms with Gasteiger partial charge in [0.25, 0.3) is 5.01 Å². The molecular formula is C17H13BrNO2S+. The Morgan fingerprint density at radius 3 is 2.41 bits per heavy atom. The Kier molecular flexibility index (Phi) is 4.36. The molecule has 5 heteroatoms. The molecule has 3 rings (SSSR count). The van der Waals surface area contributed by atoms with Crippen molar-refractivity contribution in [1.82, 2.24) is 4.98 Å². The Morgan fingerprint density at radius 2 is 1.77 bits per heavy atom. The maximum Gasteiger partial charge on any atom is 0.312 e. The van der Waals surface area contributed by atoms with E-state index in [0.29, 0.717) is 0 Å². The summed E-state index contributed by atoms with van der Waals surface area (Å²) < 4.78 is 1.00. The Hall–Kier alpha value is -1.98. The average Bonchev–Trinajstić information content (AvgIpc) is 2.92. The SMILES string of the molecule is O=C(O)Cc1cnc(-c2ccccc2)[s+]1-c1ccc(Br)cc1. The second kappa shape index (κ2) is 6.42. The van der Waals surface area contributed by atoms with E-state index in [-0.39, 0.29) is 6.42 Å². The fraction of sp³-hybridized carbons (Fsp3) is 0.0588. The van der Waals surface area contributed by atoms with Gasteiger partial charge >= 0.3 is 5.97 Å². The van der Waals surface area contributed by atoms with Crippen LogP contribution in [0.4, 0.5) is 0 Å². The topological polar surface area (TPSA) is 50.2 Å². The number of benzene rings is 2. The van der Waals surface area contributed by atoms with Gasteiger partial charge in [0.05, 0.1) is 11.8 Å². The van der Waals surface area contributed by atoms with Gasteiger partial charge in [-0.25, -0.2) is 4.98 Å². The van der Waals surface area contributed by atoms with Crippen LogP contribution in [0.15, 0.2) is 65.3 Å². The zero-order valence-electron chi connectivity index (χ0n) is 11.6. The third-order valence-electron chi connectivity index (χ3n) is 3.18. The molecule has 0 fully saturated rings. The normalized spacial score (nSPS) is 11.4. The second-order valence-electron chi connectivity index (χ2n) is 4.73. The highest BCUT2D eigenvalue weighted by Gasteiger charge is 2.27. The highest BCUT2D eigenvalue weighted by molar-refractivity contribution is 9.10. The van der Waals surface area contributed by atoms with Crippen molar-refractivity contribution in [3.8, 4) is 15.5 Å². The van der Waals surface area contributed by atoms with Crippen molar-refractivity contribution >= 4 is 32.4 Å². The van der Waals surface area contributed by atoms with Crippen molar-refractivity contribution in [3.63, 3.8) is 0 Å². The molecule has 0 amide bonds. The fourth-order valence-electron chi connectivity index (χ4n) is 2.23. The van der Waals surface area contributed by atoms with E-state index >= 15 is 0 Å². The molecular weight excluding hydrogens is 362 g/mol. The van der Waals surface area contributed by atoms with Gasteiger partial charge in [0.1, 0.15) is 6.42 Å². The van der Waals surface area contributed by atoms with Crippen molar-refractivity contribution < 1.29 is 9.90 Å². The lowest BCUT2D eigenvalue weighted by Gasteiger charge is -1.98. The van der Waals surface area contributed by atoms with Crippen LogP contribution in [-0.2, 0) is 11.2 Å². The van der Waals surface area contributed by atoms with Gasteiger partial charge in [-0.15, -0.1) is 0 Å². The predicted octanol–water partition coefficient (Wildman–Crippen LogP) is 4.88. The standard InChI is InChI=1S/C17H12BrNO2S/c18-13-6-8-14(9-7-13)22-15(10-16(20)21)11-19-17(22)12-4-2-1-3-5-12/h1-9,11H,10H2/p+1. The first-order valence-electron chi connectivity index (χ1n) is 6.69. The van der Waals surface area contributed by atoms with Gasteiger partial charge in [-0.05, 0) is 36.4 Å². The third kappa shape index (κ3) is 3.10. The average molecular weight is 375 g/mol. The highest BCUT2D eigenvalue weighted by atomic mass is 79.9. The van der Waals surface area contributed by atoms with Crippen LogP contribution in [0.1, 0.15) is 4.88 Å². The molecule has 0 aliphatic heterocycles. The monoisotopic (exact) mass is 374 g/mol. The number of carbonyl (C=O) groups is 1. The molecule has 1 unspecified atom stereocenters. The molecule has 0 saturated heterocycles. The molecule has 0 spiro atoms. The Bertz CT molecular complexity index is 797. The number of rotatable bonds is 4. The van der Waals surface area contributed by atoms with E-state index in [0.717, 1.165) is 24.8 Å². The maximum atomic E-state index is 11.1. The van der Waals surface area contributed by atoms with Crippen LogP contribution in [0.5, 0.6) is 0 Å². The minimum absolute atomic E-state index is 0.0129. The van der Waals surface area contributed by atoms with E-state index in [1.807, 2.05) is 54.6 Å². The first kappa shape index (κ1) is 14.9. The summed E-state index contributed by atoms with van der Waals surface area (Å²) in [5, 5.41) is 10.1. The van der Waals surface area contributed by atoms with E-state index in [2.05, 4.69) is 20.9 Å². The Labute approximate surface area is 139 Å². The first-order chi connectivity index (χ1) is 10.6.